The molecule has 2 aromatic rings. The summed E-state index contributed by atoms with van der Waals surface area (Å²) in [5, 5.41) is 0. The maximum Gasteiger partial charge on any atom is 0.227 e. The highest BCUT2D eigenvalue weighted by atomic mass is 16.5. The Balaban J connectivity index is 1.35. The summed E-state index contributed by atoms with van der Waals surface area (Å²) < 4.78 is 5.33. The Morgan fingerprint density at radius 3 is 2.69 bits per heavy atom. The van der Waals surface area contributed by atoms with Gasteiger partial charge in [-0.05, 0) is 38.0 Å². The minimum atomic E-state index is 0.0243. The van der Waals surface area contributed by atoms with Crippen molar-refractivity contribution < 1.29 is 9.53 Å². The number of benzene rings is 1. The zero-order valence-electron chi connectivity index (χ0n) is 17.3. The van der Waals surface area contributed by atoms with Crippen molar-refractivity contribution in [2.75, 3.05) is 56.2 Å². The van der Waals surface area contributed by atoms with Crippen LogP contribution in [0.1, 0.15) is 18.5 Å². The van der Waals surface area contributed by atoms with Crippen molar-refractivity contribution in [3.8, 4) is 5.75 Å². The summed E-state index contributed by atoms with van der Waals surface area (Å²) in [6.07, 6.45) is 3.73. The van der Waals surface area contributed by atoms with Crippen LogP contribution in [0.15, 0.2) is 36.5 Å². The molecule has 1 unspecified atom stereocenters. The molecule has 0 spiro atoms. The Kier molecular flexibility index (Phi) is 5.83. The van der Waals surface area contributed by atoms with Crippen molar-refractivity contribution >= 4 is 17.5 Å². The van der Waals surface area contributed by atoms with E-state index in [0.29, 0.717) is 6.54 Å². The van der Waals surface area contributed by atoms with Crippen LogP contribution >= 0.6 is 0 Å². The molecule has 0 aliphatic carbocycles. The van der Waals surface area contributed by atoms with Gasteiger partial charge in [0.05, 0.1) is 13.0 Å². The highest BCUT2D eigenvalue weighted by Crippen LogP contribution is 2.25. The maximum atomic E-state index is 13.2. The van der Waals surface area contributed by atoms with Crippen LogP contribution < -0.4 is 14.5 Å². The lowest BCUT2D eigenvalue weighted by atomic mass is 9.96. The number of methoxy groups -OCH3 is 1. The third kappa shape index (κ3) is 4.44. The van der Waals surface area contributed by atoms with Gasteiger partial charge < -0.3 is 19.4 Å². The van der Waals surface area contributed by atoms with Gasteiger partial charge in [-0.2, -0.15) is 0 Å². The second-order valence-electron chi connectivity index (χ2n) is 7.80. The SMILES string of the molecule is COc1cccc(N2CCN(C(=O)C3CCCN(c4nccc(C)n4)C3)CC2)c1. The van der Waals surface area contributed by atoms with Gasteiger partial charge in [-0.3, -0.25) is 4.79 Å². The Morgan fingerprint density at radius 1 is 1.10 bits per heavy atom. The first kappa shape index (κ1) is 19.5. The number of carbonyl (C=O) groups is 1. The molecule has 2 aliphatic rings. The van der Waals surface area contributed by atoms with E-state index in [4.69, 9.17) is 4.74 Å². The van der Waals surface area contributed by atoms with Crippen molar-refractivity contribution in [3.63, 3.8) is 0 Å². The highest BCUT2D eigenvalue weighted by Gasteiger charge is 2.32. The minimum Gasteiger partial charge on any atom is -0.497 e. The van der Waals surface area contributed by atoms with Gasteiger partial charge in [-0.1, -0.05) is 6.07 Å². The van der Waals surface area contributed by atoms with Crippen LogP contribution in [0, 0.1) is 12.8 Å². The van der Waals surface area contributed by atoms with Crippen molar-refractivity contribution in [1.82, 2.24) is 14.9 Å². The number of carbonyl (C=O) groups excluding carboxylic acids is 1. The molecule has 7 nitrogen and oxygen atoms in total. The number of amides is 1. The number of hydrogen-bond donors (Lipinski definition) is 0. The molecule has 1 amide bonds. The standard InChI is InChI=1S/C22H29N5O2/c1-17-8-9-23-22(24-17)27-10-4-5-18(16-27)21(28)26-13-11-25(12-14-26)19-6-3-7-20(15-19)29-2/h3,6-9,15,18H,4-5,10-14,16H2,1-2H3. The number of ether oxygens (including phenoxy) is 1. The molecule has 29 heavy (non-hydrogen) atoms. The molecule has 1 aromatic carbocycles. The lowest BCUT2D eigenvalue weighted by Crippen LogP contribution is -2.52. The van der Waals surface area contributed by atoms with Gasteiger partial charge in [0.1, 0.15) is 5.75 Å². The summed E-state index contributed by atoms with van der Waals surface area (Å²) in [6, 6.07) is 10.0. The van der Waals surface area contributed by atoms with E-state index in [1.165, 1.54) is 0 Å². The molecule has 4 rings (SSSR count). The molecule has 3 heterocycles. The number of anilines is 2. The average molecular weight is 396 g/mol. The van der Waals surface area contributed by atoms with Crippen molar-refractivity contribution in [2.45, 2.75) is 19.8 Å². The fourth-order valence-corrected chi connectivity index (χ4v) is 4.20. The van der Waals surface area contributed by atoms with Crippen molar-refractivity contribution in [1.29, 1.82) is 0 Å². The van der Waals surface area contributed by atoms with Crippen LogP contribution in [0.4, 0.5) is 11.6 Å². The zero-order chi connectivity index (χ0) is 20.2. The smallest absolute Gasteiger partial charge is 0.227 e. The Bertz CT molecular complexity index is 851. The molecule has 2 aliphatic heterocycles. The van der Waals surface area contributed by atoms with Gasteiger partial charge in [0.2, 0.25) is 11.9 Å². The van der Waals surface area contributed by atoms with Crippen LogP contribution in [0.2, 0.25) is 0 Å². The predicted molar refractivity (Wildman–Crippen MR) is 113 cm³/mol. The quantitative estimate of drug-likeness (QED) is 0.792. The van der Waals surface area contributed by atoms with Gasteiger partial charge in [0.25, 0.3) is 0 Å². The summed E-state index contributed by atoms with van der Waals surface area (Å²) in [6.45, 7) is 6.79. The van der Waals surface area contributed by atoms with Crippen molar-refractivity contribution in [3.05, 3.63) is 42.2 Å². The second-order valence-corrected chi connectivity index (χ2v) is 7.80. The summed E-state index contributed by atoms with van der Waals surface area (Å²) in [4.78, 5) is 28.6. The first-order valence-electron chi connectivity index (χ1n) is 10.4. The number of rotatable bonds is 4. The first-order valence-corrected chi connectivity index (χ1v) is 10.4. The molecule has 0 N–H and O–H groups in total. The normalized spacial score (nSPS) is 19.9. The van der Waals surface area contributed by atoms with Gasteiger partial charge in [-0.15, -0.1) is 0 Å². The summed E-state index contributed by atoms with van der Waals surface area (Å²) in [5.74, 6) is 1.90. The molecular formula is C22H29N5O2. The van der Waals surface area contributed by atoms with Crippen LogP contribution in [-0.2, 0) is 4.79 Å². The molecule has 0 radical (unpaired) electrons. The Hall–Kier alpha value is -2.83. The molecule has 7 heteroatoms. The summed E-state index contributed by atoms with van der Waals surface area (Å²) in [5.41, 5.74) is 2.11. The van der Waals surface area contributed by atoms with E-state index >= 15 is 0 Å². The zero-order valence-corrected chi connectivity index (χ0v) is 17.3. The number of aryl methyl sites for hydroxylation is 1. The van der Waals surface area contributed by atoms with E-state index in [9.17, 15) is 4.79 Å². The van der Waals surface area contributed by atoms with Crippen LogP contribution in [0.5, 0.6) is 5.75 Å². The van der Waals surface area contributed by atoms with E-state index in [0.717, 1.165) is 68.6 Å². The van der Waals surface area contributed by atoms with Gasteiger partial charge in [0, 0.05) is 62.9 Å². The molecular weight excluding hydrogens is 366 g/mol. The molecule has 0 bridgehead atoms. The maximum absolute atomic E-state index is 13.2. The number of piperidine rings is 1. The van der Waals surface area contributed by atoms with Gasteiger partial charge in [0.15, 0.2) is 0 Å². The van der Waals surface area contributed by atoms with Crippen LogP contribution in [0.3, 0.4) is 0 Å². The largest absolute Gasteiger partial charge is 0.497 e. The molecule has 154 valence electrons. The van der Waals surface area contributed by atoms with Crippen LogP contribution in [0.25, 0.3) is 0 Å². The third-order valence-electron chi connectivity index (χ3n) is 5.85. The minimum absolute atomic E-state index is 0.0243. The second kappa shape index (κ2) is 8.68. The fraction of sp³-hybridized carbons (Fsp3) is 0.500. The van der Waals surface area contributed by atoms with E-state index in [1.807, 2.05) is 30.0 Å². The van der Waals surface area contributed by atoms with E-state index in [-0.39, 0.29) is 11.8 Å². The first-order chi connectivity index (χ1) is 14.1. The molecule has 1 atom stereocenters. The summed E-state index contributed by atoms with van der Waals surface area (Å²) in [7, 11) is 1.69. The van der Waals surface area contributed by atoms with E-state index in [2.05, 4.69) is 31.9 Å². The Morgan fingerprint density at radius 2 is 1.93 bits per heavy atom. The topological polar surface area (TPSA) is 61.8 Å². The number of nitrogens with zero attached hydrogens (tertiary/aromatic N) is 5. The average Bonchev–Trinajstić information content (AvgIpc) is 2.79. The molecule has 2 fully saturated rings. The molecule has 1 aromatic heterocycles. The summed E-state index contributed by atoms with van der Waals surface area (Å²) >= 11 is 0. The molecule has 0 saturated carbocycles. The fourth-order valence-electron chi connectivity index (χ4n) is 4.20. The van der Waals surface area contributed by atoms with Gasteiger partial charge >= 0.3 is 0 Å². The van der Waals surface area contributed by atoms with Crippen LogP contribution in [-0.4, -0.2) is 67.2 Å². The van der Waals surface area contributed by atoms with Crippen molar-refractivity contribution in [2.24, 2.45) is 5.92 Å². The Labute approximate surface area is 172 Å². The lowest BCUT2D eigenvalue weighted by molar-refractivity contribution is -0.136. The highest BCUT2D eigenvalue weighted by molar-refractivity contribution is 5.80. The van der Waals surface area contributed by atoms with E-state index in [1.54, 1.807) is 13.3 Å². The van der Waals surface area contributed by atoms with Gasteiger partial charge in [-0.25, -0.2) is 9.97 Å². The number of hydrogen-bond acceptors (Lipinski definition) is 6. The lowest BCUT2D eigenvalue weighted by Gasteiger charge is -2.39. The monoisotopic (exact) mass is 395 g/mol. The number of aromatic nitrogens is 2. The molecule has 2 saturated heterocycles. The predicted octanol–water partition coefficient (Wildman–Crippen LogP) is 2.36. The van der Waals surface area contributed by atoms with E-state index < -0.39 is 0 Å². The number of piperazine rings is 1. The third-order valence-corrected chi connectivity index (χ3v) is 5.85.